The molecule has 68 valence electrons. The van der Waals surface area contributed by atoms with Gasteiger partial charge in [0.25, 0.3) is 6.36 Å². The second-order valence-corrected chi connectivity index (χ2v) is 3.77. The van der Waals surface area contributed by atoms with Crippen LogP contribution < -0.4 is 4.74 Å². The quantitative estimate of drug-likeness (QED) is 0.561. The molecule has 0 saturated heterocycles. The molecule has 0 spiro atoms. The number of rotatable bonds is 1. The minimum absolute atomic E-state index is 0.470. The van der Waals surface area contributed by atoms with Gasteiger partial charge in [0.2, 0.25) is 0 Å². The van der Waals surface area contributed by atoms with Crippen molar-refractivity contribution in [3.05, 3.63) is 29.3 Å². The van der Waals surface area contributed by atoms with Crippen molar-refractivity contribution in [2.75, 3.05) is 0 Å². The summed E-state index contributed by atoms with van der Waals surface area (Å²) in [6, 6.07) is 4.83. The molecule has 0 bridgehead atoms. The highest BCUT2D eigenvalue weighted by Gasteiger charge is 2.32. The van der Waals surface area contributed by atoms with Crippen molar-refractivity contribution in [3.63, 3.8) is 0 Å². The van der Waals surface area contributed by atoms with Gasteiger partial charge in [0.15, 0.2) is 0 Å². The number of benzene rings is 1. The van der Waals surface area contributed by atoms with Crippen LogP contribution in [0.3, 0.4) is 0 Å². The van der Waals surface area contributed by atoms with E-state index in [2.05, 4.69) is 15.9 Å². The molecule has 1 aromatic rings. The van der Waals surface area contributed by atoms with E-state index in [1.54, 1.807) is 18.2 Å². The van der Waals surface area contributed by atoms with Crippen LogP contribution in [-0.4, -0.2) is 12.6 Å². The Morgan fingerprint density at radius 1 is 1.54 bits per heavy atom. The molecule has 0 amide bonds. The highest BCUT2D eigenvalue weighted by atomic mass is 79.9. The summed E-state index contributed by atoms with van der Waals surface area (Å²) < 4.78 is 17.9. The lowest BCUT2D eigenvalue weighted by atomic mass is 10.1. The molecule has 1 aromatic carbocycles. The maximum Gasteiger partial charge on any atom is 0.255 e. The summed E-state index contributed by atoms with van der Waals surface area (Å²) in [5.74, 6) is 0.500. The number of carbonyl (C=O) groups is 1. The molecular formula is C9H6BrFO2. The van der Waals surface area contributed by atoms with Gasteiger partial charge in [-0.1, -0.05) is 15.9 Å². The van der Waals surface area contributed by atoms with Gasteiger partial charge < -0.3 is 4.74 Å². The van der Waals surface area contributed by atoms with E-state index >= 15 is 0 Å². The third-order valence-corrected chi connectivity index (χ3v) is 2.85. The zero-order chi connectivity index (χ0) is 9.42. The maximum absolute atomic E-state index is 13.0. The molecule has 2 atom stereocenters. The number of fused-ring (bicyclic) bond motifs is 1. The van der Waals surface area contributed by atoms with Crippen LogP contribution in [0.25, 0.3) is 0 Å². The van der Waals surface area contributed by atoms with Gasteiger partial charge in [-0.05, 0) is 18.2 Å². The Morgan fingerprint density at radius 2 is 2.31 bits per heavy atom. The summed E-state index contributed by atoms with van der Waals surface area (Å²) in [5.41, 5.74) is 1.22. The van der Waals surface area contributed by atoms with E-state index in [1.807, 2.05) is 0 Å². The first kappa shape index (κ1) is 8.69. The summed E-state index contributed by atoms with van der Waals surface area (Å²) in [7, 11) is 0. The van der Waals surface area contributed by atoms with Gasteiger partial charge in [-0.3, -0.25) is 4.79 Å². The zero-order valence-electron chi connectivity index (χ0n) is 6.54. The van der Waals surface area contributed by atoms with E-state index in [-0.39, 0.29) is 0 Å². The first-order valence-corrected chi connectivity index (χ1v) is 4.68. The number of alkyl halides is 2. The number of aldehydes is 1. The Balaban J connectivity index is 2.47. The van der Waals surface area contributed by atoms with Gasteiger partial charge >= 0.3 is 0 Å². The van der Waals surface area contributed by atoms with E-state index in [9.17, 15) is 9.18 Å². The van der Waals surface area contributed by atoms with Crippen molar-refractivity contribution in [2.24, 2.45) is 0 Å². The molecule has 1 aliphatic rings. The van der Waals surface area contributed by atoms with Crippen molar-refractivity contribution >= 4 is 22.2 Å². The number of halogens is 2. The maximum atomic E-state index is 13.0. The molecule has 2 rings (SSSR count). The highest BCUT2D eigenvalue weighted by Crippen LogP contribution is 2.42. The standard InChI is InChI=1S/C9H6BrFO2/c10-8-6-3-5(4-12)1-2-7(6)13-9(8)11/h1-4,8-9H/t8-,9-/m1/s1. The molecule has 0 radical (unpaired) electrons. The van der Waals surface area contributed by atoms with Crippen molar-refractivity contribution in [1.29, 1.82) is 0 Å². The highest BCUT2D eigenvalue weighted by molar-refractivity contribution is 9.09. The Bertz CT molecular complexity index is 353. The minimum Gasteiger partial charge on any atom is -0.458 e. The lowest BCUT2D eigenvalue weighted by Gasteiger charge is -2.01. The summed E-state index contributed by atoms with van der Waals surface area (Å²) in [6.07, 6.45) is -0.636. The van der Waals surface area contributed by atoms with Gasteiger partial charge in [-0.25, -0.2) is 4.39 Å². The van der Waals surface area contributed by atoms with Crippen molar-refractivity contribution in [1.82, 2.24) is 0 Å². The van der Waals surface area contributed by atoms with Crippen molar-refractivity contribution in [2.45, 2.75) is 11.2 Å². The van der Waals surface area contributed by atoms with Gasteiger partial charge in [0, 0.05) is 11.1 Å². The second-order valence-electron chi connectivity index (χ2n) is 2.79. The van der Waals surface area contributed by atoms with Crippen LogP contribution in [0, 0.1) is 0 Å². The molecule has 0 aliphatic carbocycles. The van der Waals surface area contributed by atoms with Crippen LogP contribution in [0.4, 0.5) is 4.39 Å². The van der Waals surface area contributed by atoms with E-state index in [0.29, 0.717) is 16.9 Å². The molecule has 13 heavy (non-hydrogen) atoms. The lowest BCUT2D eigenvalue weighted by molar-refractivity contribution is 0.0901. The van der Waals surface area contributed by atoms with Gasteiger partial charge in [0.1, 0.15) is 16.9 Å². The minimum atomic E-state index is -1.36. The number of hydrogen-bond donors (Lipinski definition) is 0. The number of hydrogen-bond acceptors (Lipinski definition) is 2. The molecule has 1 aliphatic heterocycles. The average molecular weight is 245 g/mol. The molecule has 0 unspecified atom stereocenters. The van der Waals surface area contributed by atoms with Gasteiger partial charge in [0.05, 0.1) is 0 Å². The largest absolute Gasteiger partial charge is 0.458 e. The summed E-state index contributed by atoms with van der Waals surface area (Å²) in [5, 5.41) is 0. The van der Waals surface area contributed by atoms with Crippen molar-refractivity contribution in [3.8, 4) is 5.75 Å². The fourth-order valence-corrected chi connectivity index (χ4v) is 1.75. The molecule has 0 saturated carbocycles. The van der Waals surface area contributed by atoms with E-state index in [0.717, 1.165) is 6.29 Å². The second kappa shape index (κ2) is 3.10. The van der Waals surface area contributed by atoms with Crippen LogP contribution in [-0.2, 0) is 0 Å². The fraction of sp³-hybridized carbons (Fsp3) is 0.222. The van der Waals surface area contributed by atoms with Crippen LogP contribution >= 0.6 is 15.9 Å². The summed E-state index contributed by atoms with van der Waals surface area (Å²) >= 11 is 3.15. The van der Waals surface area contributed by atoms with E-state index in [1.165, 1.54) is 0 Å². The topological polar surface area (TPSA) is 26.3 Å². The smallest absolute Gasteiger partial charge is 0.255 e. The SMILES string of the molecule is O=Cc1ccc2c(c1)[C@@H](Br)[C@H](F)O2. The number of carbonyl (C=O) groups excluding carboxylic acids is 1. The summed E-state index contributed by atoms with van der Waals surface area (Å²) in [4.78, 5) is 9.97. The summed E-state index contributed by atoms with van der Waals surface area (Å²) in [6.45, 7) is 0. The molecule has 4 heteroatoms. The third-order valence-electron chi connectivity index (χ3n) is 1.94. The molecule has 0 N–H and O–H groups in total. The first-order valence-electron chi connectivity index (χ1n) is 3.76. The molecular weight excluding hydrogens is 239 g/mol. The normalized spacial score (nSPS) is 25.1. The van der Waals surface area contributed by atoms with Crippen LogP contribution in [0.15, 0.2) is 18.2 Å². The van der Waals surface area contributed by atoms with Gasteiger partial charge in [-0.15, -0.1) is 0 Å². The predicted octanol–water partition coefficient (Wildman–Crippen LogP) is 2.62. The van der Waals surface area contributed by atoms with Crippen LogP contribution in [0.2, 0.25) is 0 Å². The zero-order valence-corrected chi connectivity index (χ0v) is 8.12. The fourth-order valence-electron chi connectivity index (χ4n) is 1.29. The lowest BCUT2D eigenvalue weighted by Crippen LogP contribution is -2.06. The van der Waals surface area contributed by atoms with Crippen LogP contribution in [0.5, 0.6) is 5.75 Å². The third kappa shape index (κ3) is 1.35. The molecule has 0 fully saturated rings. The molecule has 0 aromatic heterocycles. The average Bonchev–Trinajstić information content (AvgIpc) is 2.43. The van der Waals surface area contributed by atoms with Crippen LogP contribution in [0.1, 0.15) is 20.7 Å². The monoisotopic (exact) mass is 244 g/mol. The first-order chi connectivity index (χ1) is 6.22. The predicted molar refractivity (Wildman–Crippen MR) is 49.0 cm³/mol. The number of ether oxygens (including phenoxy) is 1. The van der Waals surface area contributed by atoms with Crippen molar-refractivity contribution < 1.29 is 13.9 Å². The van der Waals surface area contributed by atoms with Gasteiger partial charge in [-0.2, -0.15) is 0 Å². The van der Waals surface area contributed by atoms with E-state index in [4.69, 9.17) is 4.74 Å². The molecule has 1 heterocycles. The Morgan fingerprint density at radius 3 is 3.00 bits per heavy atom. The Kier molecular flexibility index (Phi) is 2.07. The Hall–Kier alpha value is -0.900. The Labute approximate surface area is 82.8 Å². The van der Waals surface area contributed by atoms with E-state index < -0.39 is 11.2 Å². The molecule has 2 nitrogen and oxygen atoms in total.